The summed E-state index contributed by atoms with van der Waals surface area (Å²) in [5, 5.41) is 14.1. The molecule has 184 valence electrons. The molecule has 0 aromatic heterocycles. The summed E-state index contributed by atoms with van der Waals surface area (Å²) >= 11 is 0. The molecule has 0 spiro atoms. The summed E-state index contributed by atoms with van der Waals surface area (Å²) in [6.07, 6.45) is 0. The predicted octanol–water partition coefficient (Wildman–Crippen LogP) is 4.95. The lowest BCUT2D eigenvalue weighted by Crippen LogP contribution is -2.29. The Morgan fingerprint density at radius 3 is 2.25 bits per heavy atom. The zero-order valence-corrected chi connectivity index (χ0v) is 21.0. The molecule has 0 aliphatic carbocycles. The molecule has 4 rings (SSSR count). The minimum atomic E-state index is -0.851. The van der Waals surface area contributed by atoms with Crippen LogP contribution in [0.5, 0.6) is 0 Å². The maximum atomic E-state index is 13.4. The number of amides is 2. The second-order valence-corrected chi connectivity index (χ2v) is 9.19. The van der Waals surface area contributed by atoms with Crippen LogP contribution in [-0.2, 0) is 14.4 Å². The number of rotatable bonds is 5. The molecule has 0 bridgehead atoms. The first kappa shape index (κ1) is 24.7. The first-order valence-electron chi connectivity index (χ1n) is 11.6. The molecular weight excluding hydrogens is 454 g/mol. The van der Waals surface area contributed by atoms with E-state index >= 15 is 0 Å². The Morgan fingerprint density at radius 1 is 0.944 bits per heavy atom. The van der Waals surface area contributed by atoms with E-state index in [-0.39, 0.29) is 17.2 Å². The summed E-state index contributed by atoms with van der Waals surface area (Å²) in [5.41, 5.74) is 5.07. The van der Waals surface area contributed by atoms with E-state index in [1.807, 2.05) is 69.2 Å². The first-order chi connectivity index (χ1) is 17.1. The maximum Gasteiger partial charge on any atom is 0.300 e. The van der Waals surface area contributed by atoms with Crippen molar-refractivity contribution in [3.05, 3.63) is 94.6 Å². The molecule has 7 heteroatoms. The van der Waals surface area contributed by atoms with Gasteiger partial charge in [0.2, 0.25) is 5.91 Å². The van der Waals surface area contributed by atoms with E-state index in [0.717, 1.165) is 16.8 Å². The average Bonchev–Trinajstić information content (AvgIpc) is 3.10. The van der Waals surface area contributed by atoms with Crippen LogP contribution in [0.25, 0.3) is 5.76 Å². The number of hydrogen-bond donors (Lipinski definition) is 2. The molecule has 7 nitrogen and oxygen atoms in total. The molecule has 1 fully saturated rings. The molecule has 1 aliphatic heterocycles. The third-order valence-electron chi connectivity index (χ3n) is 6.39. The van der Waals surface area contributed by atoms with Gasteiger partial charge in [-0.25, -0.2) is 0 Å². The van der Waals surface area contributed by atoms with Crippen LogP contribution in [-0.4, -0.2) is 36.8 Å². The lowest BCUT2D eigenvalue weighted by atomic mass is 9.94. The normalized spacial score (nSPS) is 16.8. The van der Waals surface area contributed by atoms with E-state index in [2.05, 4.69) is 5.32 Å². The second kappa shape index (κ2) is 9.70. The fraction of sp³-hybridized carbons (Fsp3) is 0.207. The van der Waals surface area contributed by atoms with Crippen molar-refractivity contribution in [1.29, 1.82) is 0 Å². The van der Waals surface area contributed by atoms with E-state index in [0.29, 0.717) is 22.5 Å². The molecule has 2 amide bonds. The van der Waals surface area contributed by atoms with Crippen LogP contribution in [0.1, 0.15) is 35.2 Å². The number of hydrogen-bond acceptors (Lipinski definition) is 5. The monoisotopic (exact) mass is 483 g/mol. The number of anilines is 3. The average molecular weight is 484 g/mol. The van der Waals surface area contributed by atoms with Gasteiger partial charge in [-0.05, 0) is 66.9 Å². The molecule has 0 saturated carbocycles. The zero-order valence-electron chi connectivity index (χ0n) is 21.0. The highest BCUT2D eigenvalue weighted by molar-refractivity contribution is 6.51. The summed E-state index contributed by atoms with van der Waals surface area (Å²) in [5.74, 6) is -1.99. The molecule has 3 aromatic rings. The Bertz CT molecular complexity index is 1390. The Balaban J connectivity index is 1.92. The summed E-state index contributed by atoms with van der Waals surface area (Å²) in [6.45, 7) is 5.29. The van der Waals surface area contributed by atoms with E-state index in [9.17, 15) is 19.5 Å². The van der Waals surface area contributed by atoms with Gasteiger partial charge in [0, 0.05) is 43.6 Å². The molecule has 1 atom stereocenters. The third-order valence-corrected chi connectivity index (χ3v) is 6.39. The van der Waals surface area contributed by atoms with Crippen molar-refractivity contribution in [3.8, 4) is 0 Å². The smallest absolute Gasteiger partial charge is 0.300 e. The summed E-state index contributed by atoms with van der Waals surface area (Å²) < 4.78 is 0. The van der Waals surface area contributed by atoms with Gasteiger partial charge < -0.3 is 15.3 Å². The highest BCUT2D eigenvalue weighted by atomic mass is 16.3. The number of benzene rings is 3. The van der Waals surface area contributed by atoms with Crippen molar-refractivity contribution in [2.45, 2.75) is 26.8 Å². The minimum Gasteiger partial charge on any atom is -0.507 e. The fourth-order valence-electron chi connectivity index (χ4n) is 4.35. The molecular formula is C29H29N3O4. The Labute approximate surface area is 210 Å². The van der Waals surface area contributed by atoms with Crippen LogP contribution in [0, 0.1) is 13.8 Å². The van der Waals surface area contributed by atoms with Crippen molar-refractivity contribution < 1.29 is 19.5 Å². The first-order valence-corrected chi connectivity index (χ1v) is 11.6. The van der Waals surface area contributed by atoms with E-state index in [4.69, 9.17) is 0 Å². The van der Waals surface area contributed by atoms with Crippen LogP contribution in [0.4, 0.5) is 17.1 Å². The summed E-state index contributed by atoms with van der Waals surface area (Å²) in [6, 6.07) is 18.8. The number of aryl methyl sites for hydroxylation is 2. The molecule has 36 heavy (non-hydrogen) atoms. The van der Waals surface area contributed by atoms with Gasteiger partial charge in [0.25, 0.3) is 11.7 Å². The highest BCUT2D eigenvalue weighted by Crippen LogP contribution is 2.43. The Kier molecular flexibility index (Phi) is 6.66. The van der Waals surface area contributed by atoms with Gasteiger partial charge >= 0.3 is 0 Å². The number of Topliss-reactive ketones (excluding diaryl/α,β-unsaturated/α-hetero) is 1. The summed E-state index contributed by atoms with van der Waals surface area (Å²) in [7, 11) is 3.85. The Hall–Kier alpha value is -4.39. The number of aliphatic hydroxyl groups excluding tert-OH is 1. The quantitative estimate of drug-likeness (QED) is 0.304. The summed E-state index contributed by atoms with van der Waals surface area (Å²) in [4.78, 5) is 41.7. The molecule has 2 N–H and O–H groups in total. The molecule has 0 radical (unpaired) electrons. The number of ketones is 1. The van der Waals surface area contributed by atoms with Gasteiger partial charge in [-0.1, -0.05) is 30.3 Å². The lowest BCUT2D eigenvalue weighted by molar-refractivity contribution is -0.132. The highest BCUT2D eigenvalue weighted by Gasteiger charge is 2.47. The maximum absolute atomic E-state index is 13.4. The van der Waals surface area contributed by atoms with Crippen LogP contribution < -0.4 is 15.1 Å². The van der Waals surface area contributed by atoms with Crippen molar-refractivity contribution in [3.63, 3.8) is 0 Å². The predicted molar refractivity (Wildman–Crippen MR) is 142 cm³/mol. The standard InChI is InChI=1S/C29H29N3O4/c1-17-9-10-21(15-18(17)2)27(34)25-26(20-11-13-23(14-12-20)31(4)5)32(29(36)28(25)35)24-8-6-7-22(16-24)30-19(3)33/h6-16,26,34H,1-5H3,(H,30,33)/b27-25+. The van der Waals surface area contributed by atoms with Crippen molar-refractivity contribution in [2.24, 2.45) is 0 Å². The Morgan fingerprint density at radius 2 is 1.64 bits per heavy atom. The third kappa shape index (κ3) is 4.60. The van der Waals surface area contributed by atoms with Crippen LogP contribution >= 0.6 is 0 Å². The lowest BCUT2D eigenvalue weighted by Gasteiger charge is -2.26. The van der Waals surface area contributed by atoms with Gasteiger partial charge in [0.15, 0.2) is 0 Å². The molecule has 1 heterocycles. The number of carbonyl (C=O) groups is 3. The second-order valence-electron chi connectivity index (χ2n) is 9.19. The van der Waals surface area contributed by atoms with E-state index in [1.54, 1.807) is 30.3 Å². The van der Waals surface area contributed by atoms with Gasteiger partial charge in [-0.2, -0.15) is 0 Å². The fourth-order valence-corrected chi connectivity index (χ4v) is 4.35. The molecule has 1 aliphatic rings. The largest absolute Gasteiger partial charge is 0.507 e. The topological polar surface area (TPSA) is 90.0 Å². The van der Waals surface area contributed by atoms with E-state index < -0.39 is 17.7 Å². The van der Waals surface area contributed by atoms with Crippen LogP contribution in [0.3, 0.4) is 0 Å². The van der Waals surface area contributed by atoms with E-state index in [1.165, 1.54) is 11.8 Å². The zero-order chi connectivity index (χ0) is 26.1. The van der Waals surface area contributed by atoms with Gasteiger partial charge in [0.05, 0.1) is 11.6 Å². The van der Waals surface area contributed by atoms with Crippen LogP contribution in [0.2, 0.25) is 0 Å². The number of nitrogens with one attached hydrogen (secondary N) is 1. The van der Waals surface area contributed by atoms with Gasteiger partial charge in [-0.3, -0.25) is 19.3 Å². The van der Waals surface area contributed by atoms with Gasteiger partial charge in [-0.15, -0.1) is 0 Å². The van der Waals surface area contributed by atoms with Crippen molar-refractivity contribution >= 4 is 40.4 Å². The SMILES string of the molecule is CC(=O)Nc1cccc(N2C(=O)C(=O)/C(=C(/O)c3ccc(C)c(C)c3)C2c2ccc(N(C)C)cc2)c1. The molecule has 1 saturated heterocycles. The van der Waals surface area contributed by atoms with Crippen molar-refractivity contribution in [1.82, 2.24) is 0 Å². The van der Waals surface area contributed by atoms with Crippen molar-refractivity contribution in [2.75, 3.05) is 29.2 Å². The number of carbonyl (C=O) groups excluding carboxylic acids is 3. The van der Waals surface area contributed by atoms with Gasteiger partial charge in [0.1, 0.15) is 5.76 Å². The van der Waals surface area contributed by atoms with Crippen LogP contribution in [0.15, 0.2) is 72.3 Å². The minimum absolute atomic E-state index is 0.0192. The number of aliphatic hydroxyl groups is 1. The number of nitrogens with zero attached hydrogens (tertiary/aromatic N) is 2. The molecule has 3 aromatic carbocycles. The molecule has 1 unspecified atom stereocenters.